The number of phenolic OH excluding ortho intramolecular Hbond substituents is 1. The summed E-state index contributed by atoms with van der Waals surface area (Å²) in [4.78, 5) is 15.0. The quantitative estimate of drug-likeness (QED) is 0.569. The number of hydrogen-bond acceptors (Lipinski definition) is 2. The molecule has 0 atom stereocenters. The number of aromatic amines is 3. The molecule has 22 heavy (non-hydrogen) atoms. The summed E-state index contributed by atoms with van der Waals surface area (Å²) in [6.07, 6.45) is 6.20. The second kappa shape index (κ2) is 6.11. The second-order valence-corrected chi connectivity index (χ2v) is 5.81. The van der Waals surface area contributed by atoms with E-state index in [0.29, 0.717) is 11.6 Å². The van der Waals surface area contributed by atoms with Gasteiger partial charge in [0.2, 0.25) is 0 Å². The lowest BCUT2D eigenvalue weighted by atomic mass is 10.1. The fraction of sp³-hybridized carbons (Fsp3) is 0.0625. The topological polar surface area (TPSA) is 84.7 Å². The third-order valence-corrected chi connectivity index (χ3v) is 3.75. The Labute approximate surface area is 134 Å². The number of halogens is 1. The van der Waals surface area contributed by atoms with Crippen molar-refractivity contribution in [3.8, 4) is 5.75 Å². The average molecular weight is 360 g/mol. The SMILES string of the molecule is O=c1[nH][nH]c(=CCc2ccc(O)cc2)c1=Cc1cc(Br)c[nH]1. The maximum Gasteiger partial charge on any atom is 0.271 e. The molecule has 3 aromatic rings. The maximum atomic E-state index is 11.9. The lowest BCUT2D eigenvalue weighted by Gasteiger charge is -1.95. The van der Waals surface area contributed by atoms with Gasteiger partial charge in [0.15, 0.2) is 0 Å². The van der Waals surface area contributed by atoms with Gasteiger partial charge in [0.1, 0.15) is 5.75 Å². The predicted octanol–water partition coefficient (Wildman–Crippen LogP) is 1.35. The highest BCUT2D eigenvalue weighted by Gasteiger charge is 1.98. The molecule has 0 fully saturated rings. The Bertz CT molecular complexity index is 948. The number of aromatic hydroxyl groups is 1. The van der Waals surface area contributed by atoms with Gasteiger partial charge in [-0.25, -0.2) is 0 Å². The summed E-state index contributed by atoms with van der Waals surface area (Å²) in [7, 11) is 0. The molecule has 0 aliphatic rings. The highest BCUT2D eigenvalue weighted by molar-refractivity contribution is 9.10. The number of hydrogen-bond donors (Lipinski definition) is 4. The first-order chi connectivity index (χ1) is 10.6. The summed E-state index contributed by atoms with van der Waals surface area (Å²) in [5, 5.41) is 16.1. The number of H-pyrrole nitrogens is 3. The Balaban J connectivity index is 1.98. The molecular formula is C16H14BrN3O2. The summed E-state index contributed by atoms with van der Waals surface area (Å²) < 4.78 is 0.931. The van der Waals surface area contributed by atoms with E-state index in [-0.39, 0.29) is 11.3 Å². The Kier molecular flexibility index (Phi) is 4.02. The molecule has 2 heterocycles. The minimum Gasteiger partial charge on any atom is -0.508 e. The van der Waals surface area contributed by atoms with Crippen LogP contribution in [0.5, 0.6) is 5.75 Å². The molecule has 4 N–H and O–H groups in total. The fourth-order valence-electron chi connectivity index (χ4n) is 2.16. The Morgan fingerprint density at radius 1 is 1.18 bits per heavy atom. The van der Waals surface area contributed by atoms with Crippen molar-refractivity contribution < 1.29 is 5.11 Å². The summed E-state index contributed by atoms with van der Waals surface area (Å²) in [6, 6.07) is 8.89. The molecule has 5 nitrogen and oxygen atoms in total. The van der Waals surface area contributed by atoms with Crippen LogP contribution in [-0.4, -0.2) is 20.3 Å². The van der Waals surface area contributed by atoms with Gasteiger partial charge in [-0.05, 0) is 52.2 Å². The number of rotatable bonds is 3. The summed E-state index contributed by atoms with van der Waals surface area (Å²) >= 11 is 3.37. The highest BCUT2D eigenvalue weighted by atomic mass is 79.9. The smallest absolute Gasteiger partial charge is 0.271 e. The zero-order valence-electron chi connectivity index (χ0n) is 11.6. The van der Waals surface area contributed by atoms with Gasteiger partial charge >= 0.3 is 0 Å². The Morgan fingerprint density at radius 3 is 2.64 bits per heavy atom. The highest BCUT2D eigenvalue weighted by Crippen LogP contribution is 2.11. The average Bonchev–Trinajstić information content (AvgIpc) is 3.06. The van der Waals surface area contributed by atoms with Crippen LogP contribution in [0.1, 0.15) is 11.3 Å². The van der Waals surface area contributed by atoms with Gasteiger partial charge in [-0.2, -0.15) is 0 Å². The summed E-state index contributed by atoms with van der Waals surface area (Å²) in [5.41, 5.74) is 1.73. The van der Waals surface area contributed by atoms with Crippen LogP contribution < -0.4 is 16.1 Å². The first-order valence-electron chi connectivity index (χ1n) is 6.72. The third-order valence-electron chi connectivity index (χ3n) is 3.29. The predicted molar refractivity (Wildman–Crippen MR) is 89.0 cm³/mol. The molecule has 6 heteroatoms. The molecule has 0 saturated heterocycles. The standard InChI is InChI=1S/C16H14BrN3O2/c17-11-7-12(18-9-11)8-14-15(19-20-16(14)22)6-3-10-1-4-13(21)5-2-10/h1-2,4-9,18-19,21H,3H2,(H,20,22). The minimum absolute atomic E-state index is 0.164. The van der Waals surface area contributed by atoms with Crippen LogP contribution in [0.25, 0.3) is 12.2 Å². The van der Waals surface area contributed by atoms with Crippen molar-refractivity contribution in [3.63, 3.8) is 0 Å². The van der Waals surface area contributed by atoms with Crippen LogP contribution in [0, 0.1) is 0 Å². The van der Waals surface area contributed by atoms with Crippen LogP contribution in [0.15, 0.2) is 45.8 Å². The molecule has 0 spiro atoms. The van der Waals surface area contributed by atoms with Crippen molar-refractivity contribution in [2.45, 2.75) is 6.42 Å². The Morgan fingerprint density at radius 2 is 1.95 bits per heavy atom. The number of benzene rings is 1. The van der Waals surface area contributed by atoms with E-state index in [1.807, 2.05) is 30.5 Å². The minimum atomic E-state index is -0.164. The molecule has 0 unspecified atom stereocenters. The molecule has 0 bridgehead atoms. The first-order valence-corrected chi connectivity index (χ1v) is 7.51. The molecule has 0 radical (unpaired) electrons. The molecule has 3 rings (SSSR count). The first kappa shape index (κ1) is 14.5. The Hall–Kier alpha value is -2.47. The van der Waals surface area contributed by atoms with Gasteiger partial charge in [0, 0.05) is 16.4 Å². The van der Waals surface area contributed by atoms with Gasteiger partial charge in [0.05, 0.1) is 10.6 Å². The molecule has 2 aromatic heterocycles. The molecular weight excluding hydrogens is 346 g/mol. The van der Waals surface area contributed by atoms with E-state index < -0.39 is 0 Å². The van der Waals surface area contributed by atoms with E-state index in [0.717, 1.165) is 21.1 Å². The number of phenols is 1. The van der Waals surface area contributed by atoms with Crippen molar-refractivity contribution >= 4 is 28.1 Å². The summed E-state index contributed by atoms with van der Waals surface area (Å²) in [5.74, 6) is 0.241. The van der Waals surface area contributed by atoms with Crippen LogP contribution in [0.3, 0.4) is 0 Å². The second-order valence-electron chi connectivity index (χ2n) is 4.90. The van der Waals surface area contributed by atoms with Crippen molar-refractivity contribution in [2.24, 2.45) is 0 Å². The lowest BCUT2D eigenvalue weighted by molar-refractivity contribution is 0.475. The van der Waals surface area contributed by atoms with E-state index >= 15 is 0 Å². The largest absolute Gasteiger partial charge is 0.508 e. The van der Waals surface area contributed by atoms with Crippen molar-refractivity contribution in [3.05, 3.63) is 73.2 Å². The van der Waals surface area contributed by atoms with E-state index in [9.17, 15) is 9.90 Å². The van der Waals surface area contributed by atoms with Crippen molar-refractivity contribution in [2.75, 3.05) is 0 Å². The maximum absolute atomic E-state index is 11.9. The van der Waals surface area contributed by atoms with Gasteiger partial charge in [-0.3, -0.25) is 15.0 Å². The fourth-order valence-corrected chi connectivity index (χ4v) is 2.52. The van der Waals surface area contributed by atoms with Crippen LogP contribution in [-0.2, 0) is 6.42 Å². The van der Waals surface area contributed by atoms with E-state index in [1.54, 1.807) is 18.2 Å². The van der Waals surface area contributed by atoms with E-state index in [2.05, 4.69) is 31.1 Å². The van der Waals surface area contributed by atoms with Crippen LogP contribution in [0.2, 0.25) is 0 Å². The molecule has 0 aliphatic heterocycles. The van der Waals surface area contributed by atoms with Gasteiger partial charge < -0.3 is 10.1 Å². The normalized spacial score (nSPS) is 13.0. The van der Waals surface area contributed by atoms with Crippen LogP contribution in [0.4, 0.5) is 0 Å². The monoisotopic (exact) mass is 359 g/mol. The lowest BCUT2D eigenvalue weighted by Crippen LogP contribution is -2.33. The van der Waals surface area contributed by atoms with Crippen molar-refractivity contribution in [1.82, 2.24) is 15.2 Å². The van der Waals surface area contributed by atoms with Gasteiger partial charge in [-0.1, -0.05) is 18.2 Å². The molecule has 1 aromatic carbocycles. The molecule has 0 aliphatic carbocycles. The molecule has 0 amide bonds. The van der Waals surface area contributed by atoms with Gasteiger partial charge in [0.25, 0.3) is 5.56 Å². The van der Waals surface area contributed by atoms with E-state index in [1.165, 1.54) is 0 Å². The molecule has 0 saturated carbocycles. The number of nitrogens with one attached hydrogen (secondary N) is 3. The molecule has 112 valence electrons. The van der Waals surface area contributed by atoms with Crippen LogP contribution >= 0.6 is 15.9 Å². The number of aromatic nitrogens is 3. The zero-order chi connectivity index (χ0) is 15.5. The summed E-state index contributed by atoms with van der Waals surface area (Å²) in [6.45, 7) is 0. The third kappa shape index (κ3) is 3.23. The van der Waals surface area contributed by atoms with E-state index in [4.69, 9.17) is 0 Å². The van der Waals surface area contributed by atoms with Crippen molar-refractivity contribution in [1.29, 1.82) is 0 Å². The van der Waals surface area contributed by atoms with Gasteiger partial charge in [-0.15, -0.1) is 0 Å². The zero-order valence-corrected chi connectivity index (χ0v) is 13.1.